The van der Waals surface area contributed by atoms with Crippen molar-refractivity contribution in [1.29, 1.82) is 0 Å². The number of morpholine rings is 1. The van der Waals surface area contributed by atoms with Gasteiger partial charge in [-0.2, -0.15) is 0 Å². The van der Waals surface area contributed by atoms with Gasteiger partial charge in [-0.05, 0) is 31.3 Å². The smallest absolute Gasteiger partial charge is 0.240 e. The maximum Gasteiger partial charge on any atom is 0.240 e. The minimum Gasteiger partial charge on any atom is -0.378 e. The first-order valence-electron chi connectivity index (χ1n) is 5.50. The Kier molecular flexibility index (Phi) is 3.66. The van der Waals surface area contributed by atoms with Gasteiger partial charge in [0.15, 0.2) is 0 Å². The summed E-state index contributed by atoms with van der Waals surface area (Å²) in [6.07, 6.45) is 0. The van der Waals surface area contributed by atoms with Crippen LogP contribution >= 0.6 is 0 Å². The normalized spacial score (nSPS) is 17.1. The molecule has 1 aliphatic rings. The highest BCUT2D eigenvalue weighted by Gasteiger charge is 2.14. The Morgan fingerprint density at radius 2 is 1.76 bits per heavy atom. The molecule has 0 atom stereocenters. The van der Waals surface area contributed by atoms with E-state index in [1.54, 1.807) is 12.1 Å². The van der Waals surface area contributed by atoms with Gasteiger partial charge in [-0.25, -0.2) is 13.1 Å². The molecule has 1 N–H and O–H groups in total. The second-order valence-electron chi connectivity index (χ2n) is 3.80. The van der Waals surface area contributed by atoms with E-state index < -0.39 is 10.0 Å². The van der Waals surface area contributed by atoms with Crippen molar-refractivity contribution in [2.75, 3.05) is 38.3 Å². The predicted octanol–water partition coefficient (Wildman–Crippen LogP) is 0.431. The third-order valence-corrected chi connectivity index (χ3v) is 4.22. The fourth-order valence-corrected chi connectivity index (χ4v) is 2.51. The lowest BCUT2D eigenvalue weighted by Gasteiger charge is -2.28. The average Bonchev–Trinajstić information content (AvgIpc) is 2.40. The van der Waals surface area contributed by atoms with Gasteiger partial charge in [-0.15, -0.1) is 0 Å². The Bertz CT molecular complexity index is 464. The van der Waals surface area contributed by atoms with Gasteiger partial charge in [0.2, 0.25) is 10.0 Å². The number of anilines is 1. The number of nitrogens with zero attached hydrogens (tertiary/aromatic N) is 1. The fourth-order valence-electron chi connectivity index (χ4n) is 1.78. The molecule has 5 nitrogen and oxygen atoms in total. The highest BCUT2D eigenvalue weighted by atomic mass is 32.2. The van der Waals surface area contributed by atoms with Gasteiger partial charge in [-0.1, -0.05) is 0 Å². The first-order chi connectivity index (χ1) is 8.13. The van der Waals surface area contributed by atoms with E-state index in [2.05, 4.69) is 9.62 Å². The Morgan fingerprint density at radius 1 is 1.18 bits per heavy atom. The lowest BCUT2D eigenvalue weighted by Crippen LogP contribution is -2.36. The van der Waals surface area contributed by atoms with Crippen LogP contribution < -0.4 is 9.62 Å². The highest BCUT2D eigenvalue weighted by molar-refractivity contribution is 7.89. The molecule has 1 fully saturated rings. The fraction of sp³-hybridized carbons (Fsp3) is 0.455. The van der Waals surface area contributed by atoms with E-state index in [1.807, 2.05) is 12.1 Å². The van der Waals surface area contributed by atoms with Crippen LogP contribution in [0.3, 0.4) is 0 Å². The summed E-state index contributed by atoms with van der Waals surface area (Å²) >= 11 is 0. The van der Waals surface area contributed by atoms with Crippen molar-refractivity contribution in [3.63, 3.8) is 0 Å². The van der Waals surface area contributed by atoms with Gasteiger partial charge in [0.25, 0.3) is 0 Å². The van der Waals surface area contributed by atoms with Crippen molar-refractivity contribution in [3.05, 3.63) is 24.3 Å². The average molecular weight is 256 g/mol. The molecule has 1 aliphatic heterocycles. The van der Waals surface area contributed by atoms with E-state index in [9.17, 15) is 8.42 Å². The summed E-state index contributed by atoms with van der Waals surface area (Å²) in [5.41, 5.74) is 1.03. The van der Waals surface area contributed by atoms with E-state index in [4.69, 9.17) is 4.74 Å². The summed E-state index contributed by atoms with van der Waals surface area (Å²) in [5.74, 6) is 0. The van der Waals surface area contributed by atoms with E-state index in [1.165, 1.54) is 7.05 Å². The Balaban J connectivity index is 2.18. The molecular formula is C11H16N2O3S. The van der Waals surface area contributed by atoms with Crippen molar-refractivity contribution in [1.82, 2.24) is 4.72 Å². The van der Waals surface area contributed by atoms with Crippen molar-refractivity contribution >= 4 is 15.7 Å². The van der Waals surface area contributed by atoms with Crippen molar-refractivity contribution in [2.24, 2.45) is 0 Å². The molecule has 2 rings (SSSR count). The van der Waals surface area contributed by atoms with Crippen LogP contribution in [0.4, 0.5) is 5.69 Å². The lowest BCUT2D eigenvalue weighted by atomic mass is 10.2. The highest BCUT2D eigenvalue weighted by Crippen LogP contribution is 2.18. The molecule has 1 aromatic rings. The van der Waals surface area contributed by atoms with Gasteiger partial charge in [-0.3, -0.25) is 0 Å². The van der Waals surface area contributed by atoms with Gasteiger partial charge in [0, 0.05) is 18.8 Å². The van der Waals surface area contributed by atoms with E-state index >= 15 is 0 Å². The quantitative estimate of drug-likeness (QED) is 0.852. The number of benzene rings is 1. The number of rotatable bonds is 3. The zero-order valence-corrected chi connectivity index (χ0v) is 10.5. The zero-order chi connectivity index (χ0) is 12.3. The van der Waals surface area contributed by atoms with Gasteiger partial charge < -0.3 is 9.64 Å². The molecular weight excluding hydrogens is 240 g/mol. The monoisotopic (exact) mass is 256 g/mol. The van der Waals surface area contributed by atoms with Crippen LogP contribution in [0, 0.1) is 0 Å². The first-order valence-corrected chi connectivity index (χ1v) is 6.98. The second kappa shape index (κ2) is 5.03. The lowest BCUT2D eigenvalue weighted by molar-refractivity contribution is 0.122. The topological polar surface area (TPSA) is 58.6 Å². The summed E-state index contributed by atoms with van der Waals surface area (Å²) in [5, 5.41) is 0. The van der Waals surface area contributed by atoms with Crippen molar-refractivity contribution in [2.45, 2.75) is 4.90 Å². The maximum atomic E-state index is 11.5. The third kappa shape index (κ3) is 2.77. The summed E-state index contributed by atoms with van der Waals surface area (Å²) in [6.45, 7) is 3.13. The number of hydrogen-bond acceptors (Lipinski definition) is 4. The largest absolute Gasteiger partial charge is 0.378 e. The van der Waals surface area contributed by atoms with Gasteiger partial charge >= 0.3 is 0 Å². The molecule has 1 saturated heterocycles. The number of ether oxygens (including phenoxy) is 1. The number of nitrogens with one attached hydrogen (secondary N) is 1. The molecule has 0 radical (unpaired) electrons. The molecule has 0 aliphatic carbocycles. The molecule has 0 saturated carbocycles. The van der Waals surface area contributed by atoms with Crippen LogP contribution in [-0.4, -0.2) is 41.8 Å². The van der Waals surface area contributed by atoms with Crippen LogP contribution in [0.5, 0.6) is 0 Å². The minimum atomic E-state index is -3.34. The van der Waals surface area contributed by atoms with E-state index in [-0.39, 0.29) is 4.90 Å². The van der Waals surface area contributed by atoms with Crippen molar-refractivity contribution in [3.8, 4) is 0 Å². The minimum absolute atomic E-state index is 0.289. The van der Waals surface area contributed by atoms with Crippen LogP contribution in [0.1, 0.15) is 0 Å². The molecule has 0 unspecified atom stereocenters. The Labute approximate surface area is 101 Å². The standard InChI is InChI=1S/C11H16N2O3S/c1-12-17(14,15)11-4-2-10(3-5-11)13-6-8-16-9-7-13/h2-5,12H,6-9H2,1H3. The first kappa shape index (κ1) is 12.3. The second-order valence-corrected chi connectivity index (χ2v) is 5.69. The maximum absolute atomic E-state index is 11.5. The SMILES string of the molecule is CNS(=O)(=O)c1ccc(N2CCOCC2)cc1. The zero-order valence-electron chi connectivity index (χ0n) is 9.72. The Hall–Kier alpha value is -1.11. The number of hydrogen-bond donors (Lipinski definition) is 1. The van der Waals surface area contributed by atoms with E-state index in [0.29, 0.717) is 0 Å². The van der Waals surface area contributed by atoms with Crippen molar-refractivity contribution < 1.29 is 13.2 Å². The summed E-state index contributed by atoms with van der Waals surface area (Å²) < 4.78 is 30.7. The van der Waals surface area contributed by atoms with Crippen LogP contribution in [0.25, 0.3) is 0 Å². The summed E-state index contributed by atoms with van der Waals surface area (Å²) in [4.78, 5) is 2.47. The third-order valence-electron chi connectivity index (χ3n) is 2.79. The molecule has 0 amide bonds. The Morgan fingerprint density at radius 3 is 2.29 bits per heavy atom. The molecule has 0 aromatic heterocycles. The number of sulfonamides is 1. The van der Waals surface area contributed by atoms with E-state index in [0.717, 1.165) is 32.0 Å². The van der Waals surface area contributed by atoms with Gasteiger partial charge in [0.1, 0.15) is 0 Å². The molecule has 6 heteroatoms. The van der Waals surface area contributed by atoms with Gasteiger partial charge in [0.05, 0.1) is 18.1 Å². The van der Waals surface area contributed by atoms with Crippen LogP contribution in [0.2, 0.25) is 0 Å². The molecule has 1 aromatic carbocycles. The van der Waals surface area contributed by atoms with Crippen LogP contribution in [0.15, 0.2) is 29.2 Å². The van der Waals surface area contributed by atoms with Crippen LogP contribution in [-0.2, 0) is 14.8 Å². The molecule has 0 bridgehead atoms. The summed E-state index contributed by atoms with van der Waals surface area (Å²) in [7, 11) is -1.93. The molecule has 94 valence electrons. The molecule has 0 spiro atoms. The molecule has 1 heterocycles. The predicted molar refractivity (Wildman–Crippen MR) is 65.7 cm³/mol. The molecule has 17 heavy (non-hydrogen) atoms. The summed E-state index contributed by atoms with van der Waals surface area (Å²) in [6, 6.07) is 6.90.